The molecule has 1 N–H and O–H groups in total. The summed E-state index contributed by atoms with van der Waals surface area (Å²) in [4.78, 5) is 23.7. The van der Waals surface area contributed by atoms with E-state index in [9.17, 15) is 9.59 Å². The van der Waals surface area contributed by atoms with Gasteiger partial charge < -0.3 is 10.2 Å². The van der Waals surface area contributed by atoms with E-state index in [0.29, 0.717) is 12.9 Å². The van der Waals surface area contributed by atoms with Gasteiger partial charge in [-0.2, -0.15) is 0 Å². The van der Waals surface area contributed by atoms with Crippen LogP contribution in [0, 0.1) is 0 Å². The molecule has 74 valence electrons. The van der Waals surface area contributed by atoms with Crippen molar-refractivity contribution >= 4 is 19.5 Å². The Hall–Kier alpha value is -0.835. The zero-order chi connectivity index (χ0) is 10.3. The highest BCUT2D eigenvalue weighted by Gasteiger charge is 2.11. The summed E-state index contributed by atoms with van der Waals surface area (Å²) >= 11 is 0. The summed E-state index contributed by atoms with van der Waals surface area (Å²) in [5, 5.41) is 2.95. The zero-order valence-corrected chi connectivity index (χ0v) is 8.59. The van der Waals surface area contributed by atoms with E-state index in [4.69, 9.17) is 0 Å². The highest BCUT2D eigenvalue weighted by Crippen LogP contribution is 1.92. The number of nitrogens with one attached hydrogen (secondary N) is 1. The fourth-order valence-corrected chi connectivity index (χ4v) is 1.03. The number of amides is 1. The number of ketones is 1. The van der Waals surface area contributed by atoms with Gasteiger partial charge >= 0.3 is 0 Å². The molecule has 0 aromatic heterocycles. The van der Waals surface area contributed by atoms with Gasteiger partial charge in [-0.15, -0.1) is 0 Å². The minimum Gasteiger partial charge on any atom is -0.335 e. The molecule has 0 unspecified atom stereocenters. The maximum Gasteiger partial charge on any atom is 0.215 e. The van der Waals surface area contributed by atoms with E-state index < -0.39 is 0 Å². The molecule has 0 aromatic rings. The average molecular weight is 184 g/mol. The van der Waals surface area contributed by atoms with Crippen LogP contribution in [0.25, 0.3) is 0 Å². The van der Waals surface area contributed by atoms with Crippen molar-refractivity contribution < 1.29 is 9.59 Å². The maximum atomic E-state index is 11.3. The molecule has 0 bridgehead atoms. The monoisotopic (exact) mass is 184 g/mol. The first-order valence-electron chi connectivity index (χ1n) is 4.53. The Bertz CT molecular complexity index is 185. The molecule has 13 heavy (non-hydrogen) atoms. The minimum absolute atomic E-state index is 0.0258. The Morgan fingerprint density at radius 1 is 1.46 bits per heavy atom. The molecule has 0 saturated heterocycles. The SMILES string of the molecule is BCC(=O)N(CCNC)CC(C)=O. The Morgan fingerprint density at radius 2 is 2.08 bits per heavy atom. The van der Waals surface area contributed by atoms with Crippen LogP contribution >= 0.6 is 0 Å². The smallest absolute Gasteiger partial charge is 0.215 e. The van der Waals surface area contributed by atoms with Crippen LogP contribution in [0.3, 0.4) is 0 Å². The number of carbonyl (C=O) groups excluding carboxylic acids is 2. The van der Waals surface area contributed by atoms with Crippen molar-refractivity contribution in [1.82, 2.24) is 10.2 Å². The second kappa shape index (κ2) is 6.66. The van der Waals surface area contributed by atoms with Crippen LogP contribution < -0.4 is 5.32 Å². The molecule has 4 nitrogen and oxygen atoms in total. The molecule has 0 spiro atoms. The Labute approximate surface area is 80.1 Å². The van der Waals surface area contributed by atoms with Gasteiger partial charge in [0.1, 0.15) is 13.6 Å². The zero-order valence-electron chi connectivity index (χ0n) is 8.59. The Balaban J connectivity index is 4.02. The second-order valence-corrected chi connectivity index (χ2v) is 2.97. The highest BCUT2D eigenvalue weighted by molar-refractivity contribution is 6.19. The van der Waals surface area contributed by atoms with Gasteiger partial charge in [-0.25, -0.2) is 0 Å². The predicted molar refractivity (Wildman–Crippen MR) is 54.5 cm³/mol. The molecule has 0 aliphatic carbocycles. The molecule has 0 aromatic carbocycles. The van der Waals surface area contributed by atoms with Crippen molar-refractivity contribution in [3.63, 3.8) is 0 Å². The first-order chi connectivity index (χ1) is 6.11. The van der Waals surface area contributed by atoms with Gasteiger partial charge in [-0.3, -0.25) is 9.59 Å². The summed E-state index contributed by atoms with van der Waals surface area (Å²) in [7, 11) is 3.62. The molecule has 1 amide bonds. The van der Waals surface area contributed by atoms with Crippen LogP contribution in [0.15, 0.2) is 0 Å². The van der Waals surface area contributed by atoms with Crippen LogP contribution in [-0.4, -0.2) is 51.1 Å². The lowest BCUT2D eigenvalue weighted by molar-refractivity contribution is -0.132. The molecular formula is C8H17BN2O2. The van der Waals surface area contributed by atoms with Gasteiger partial charge in [0, 0.05) is 13.1 Å². The fourth-order valence-electron chi connectivity index (χ4n) is 1.03. The number of carbonyl (C=O) groups is 2. The van der Waals surface area contributed by atoms with E-state index in [1.807, 2.05) is 7.05 Å². The lowest BCUT2D eigenvalue weighted by atomic mass is 10.0. The molecule has 0 aliphatic heterocycles. The quantitative estimate of drug-likeness (QED) is 0.520. The van der Waals surface area contributed by atoms with Gasteiger partial charge in [0.25, 0.3) is 0 Å². The van der Waals surface area contributed by atoms with Crippen LogP contribution in [-0.2, 0) is 9.59 Å². The number of hydrogen-bond acceptors (Lipinski definition) is 3. The third-order valence-electron chi connectivity index (χ3n) is 1.70. The van der Waals surface area contributed by atoms with Gasteiger partial charge in [0.2, 0.25) is 5.91 Å². The number of likely N-dealkylation sites (N-methyl/N-ethyl adjacent to an activating group) is 1. The fraction of sp³-hybridized carbons (Fsp3) is 0.750. The van der Waals surface area contributed by atoms with Crippen LogP contribution in [0.5, 0.6) is 0 Å². The van der Waals surface area contributed by atoms with Gasteiger partial charge in [0.05, 0.1) is 6.54 Å². The summed E-state index contributed by atoms with van der Waals surface area (Å²) in [6.45, 7) is 3.05. The van der Waals surface area contributed by atoms with Crippen molar-refractivity contribution in [3.05, 3.63) is 0 Å². The molecule has 0 heterocycles. The second-order valence-electron chi connectivity index (χ2n) is 2.97. The van der Waals surface area contributed by atoms with Gasteiger partial charge in [-0.1, -0.05) is 0 Å². The van der Waals surface area contributed by atoms with Crippen LogP contribution in [0.2, 0.25) is 6.32 Å². The Morgan fingerprint density at radius 3 is 2.46 bits per heavy atom. The summed E-state index contributed by atoms with van der Waals surface area (Å²) in [6.07, 6.45) is 0.455. The normalized spacial score (nSPS) is 9.69. The maximum absolute atomic E-state index is 11.3. The molecule has 0 atom stereocenters. The average Bonchev–Trinajstić information content (AvgIpc) is 2.10. The lowest BCUT2D eigenvalue weighted by Crippen LogP contribution is -2.38. The highest BCUT2D eigenvalue weighted by atomic mass is 16.2. The minimum atomic E-state index is 0.0258. The number of hydrogen-bond donors (Lipinski definition) is 1. The summed E-state index contributed by atoms with van der Waals surface area (Å²) in [6, 6.07) is 0. The topological polar surface area (TPSA) is 49.4 Å². The van der Waals surface area contributed by atoms with E-state index in [1.165, 1.54) is 6.92 Å². The third kappa shape index (κ3) is 5.41. The summed E-state index contributed by atoms with van der Waals surface area (Å²) in [5.74, 6) is 0.0587. The molecule has 5 heteroatoms. The molecule has 0 fully saturated rings. The van der Waals surface area contributed by atoms with E-state index >= 15 is 0 Å². The summed E-state index contributed by atoms with van der Waals surface area (Å²) < 4.78 is 0. The van der Waals surface area contributed by atoms with Gasteiger partial charge in [-0.05, 0) is 20.3 Å². The number of rotatable bonds is 6. The van der Waals surface area contributed by atoms with E-state index in [-0.39, 0.29) is 18.2 Å². The first-order valence-corrected chi connectivity index (χ1v) is 4.53. The van der Waals surface area contributed by atoms with Crippen molar-refractivity contribution in [2.75, 3.05) is 26.7 Å². The van der Waals surface area contributed by atoms with E-state index in [1.54, 1.807) is 12.7 Å². The largest absolute Gasteiger partial charge is 0.335 e. The van der Waals surface area contributed by atoms with Gasteiger partial charge in [0.15, 0.2) is 0 Å². The lowest BCUT2D eigenvalue weighted by Gasteiger charge is -2.20. The van der Waals surface area contributed by atoms with Crippen molar-refractivity contribution in [3.8, 4) is 0 Å². The first kappa shape index (κ1) is 12.2. The molecule has 0 radical (unpaired) electrons. The van der Waals surface area contributed by atoms with Crippen molar-refractivity contribution in [1.29, 1.82) is 0 Å². The molecule has 0 saturated carbocycles. The summed E-state index contributed by atoms with van der Waals surface area (Å²) in [5.41, 5.74) is 0. The molecular weight excluding hydrogens is 167 g/mol. The van der Waals surface area contributed by atoms with Crippen molar-refractivity contribution in [2.45, 2.75) is 13.2 Å². The van der Waals surface area contributed by atoms with Crippen LogP contribution in [0.4, 0.5) is 0 Å². The van der Waals surface area contributed by atoms with Crippen molar-refractivity contribution in [2.24, 2.45) is 0 Å². The molecule has 0 aliphatic rings. The predicted octanol–water partition coefficient (Wildman–Crippen LogP) is -1.33. The number of nitrogens with zero attached hydrogens (tertiary/aromatic N) is 1. The number of Topliss-reactive ketones (excluding diaryl/α,β-unsaturated/α-hetero) is 1. The Kier molecular flexibility index (Phi) is 6.23. The van der Waals surface area contributed by atoms with E-state index in [2.05, 4.69) is 5.32 Å². The van der Waals surface area contributed by atoms with E-state index in [0.717, 1.165) is 6.54 Å². The molecule has 0 rings (SSSR count). The third-order valence-corrected chi connectivity index (χ3v) is 1.70. The van der Waals surface area contributed by atoms with Crippen LogP contribution in [0.1, 0.15) is 6.92 Å². The standard InChI is InChI=1S/C8H17BN2O2/c1-7(12)6-11(4-3-10-2)8(13)5-9/h10H,3-6,9H2,1-2H3.